The van der Waals surface area contributed by atoms with E-state index in [-0.39, 0.29) is 11.3 Å². The lowest BCUT2D eigenvalue weighted by molar-refractivity contribution is -0.385. The number of carbonyl (C=O) groups excluding carboxylic acids is 2. The van der Waals surface area contributed by atoms with Gasteiger partial charge in [0.1, 0.15) is 17.9 Å². The Hall–Kier alpha value is -4.20. The molecule has 3 rings (SSSR count). The first-order valence-electron chi connectivity index (χ1n) is 9.00. The van der Waals surface area contributed by atoms with Gasteiger partial charge in [0, 0.05) is 11.8 Å². The van der Waals surface area contributed by atoms with Gasteiger partial charge in [-0.2, -0.15) is 0 Å². The summed E-state index contributed by atoms with van der Waals surface area (Å²) in [5.41, 5.74) is 0.938. The van der Waals surface area contributed by atoms with Crippen LogP contribution in [0.3, 0.4) is 0 Å². The first-order chi connectivity index (χ1) is 14.5. The summed E-state index contributed by atoms with van der Waals surface area (Å²) in [5, 5.41) is 13.5. The average Bonchev–Trinajstić information content (AvgIpc) is 2.77. The highest BCUT2D eigenvalue weighted by Crippen LogP contribution is 2.19. The molecule has 0 unspecified atom stereocenters. The topological polar surface area (TPSA) is 108 Å². The second-order valence-electron chi connectivity index (χ2n) is 6.20. The highest BCUT2D eigenvalue weighted by atomic mass is 16.6. The lowest BCUT2D eigenvalue weighted by Gasteiger charge is -2.09. The SMILES string of the molecule is O=C(COC(=O)c1ccccc1[N+](=O)[O-])Nc1ccc(OCc2ccccc2)cc1. The van der Waals surface area contributed by atoms with Crippen molar-refractivity contribution in [3.8, 4) is 5.75 Å². The molecule has 3 aromatic carbocycles. The molecule has 0 fully saturated rings. The number of ether oxygens (including phenoxy) is 2. The van der Waals surface area contributed by atoms with E-state index in [9.17, 15) is 19.7 Å². The van der Waals surface area contributed by atoms with Crippen molar-refractivity contribution in [2.75, 3.05) is 11.9 Å². The molecular weight excluding hydrogens is 388 g/mol. The van der Waals surface area contributed by atoms with Crippen LogP contribution in [0.15, 0.2) is 78.9 Å². The van der Waals surface area contributed by atoms with Crippen molar-refractivity contribution in [1.29, 1.82) is 0 Å². The largest absolute Gasteiger partial charge is 0.489 e. The zero-order valence-corrected chi connectivity index (χ0v) is 15.8. The Morgan fingerprint density at radius 3 is 2.27 bits per heavy atom. The van der Waals surface area contributed by atoms with E-state index in [0.717, 1.165) is 5.56 Å². The fraction of sp³-hybridized carbons (Fsp3) is 0.0909. The number of esters is 1. The number of hydrogen-bond donors (Lipinski definition) is 1. The van der Waals surface area contributed by atoms with Crippen molar-refractivity contribution in [2.24, 2.45) is 0 Å². The normalized spacial score (nSPS) is 10.1. The van der Waals surface area contributed by atoms with Crippen molar-refractivity contribution in [2.45, 2.75) is 6.61 Å². The predicted octanol–water partition coefficient (Wildman–Crippen LogP) is 3.97. The monoisotopic (exact) mass is 406 g/mol. The van der Waals surface area contributed by atoms with Gasteiger partial charge in [-0.05, 0) is 35.9 Å². The number of nitro benzene ring substituents is 1. The summed E-state index contributed by atoms with van der Waals surface area (Å²) in [4.78, 5) is 34.3. The molecule has 0 atom stereocenters. The minimum atomic E-state index is -0.942. The molecule has 0 aliphatic rings. The van der Waals surface area contributed by atoms with Crippen molar-refractivity contribution in [1.82, 2.24) is 0 Å². The van der Waals surface area contributed by atoms with Crippen molar-refractivity contribution >= 4 is 23.3 Å². The van der Waals surface area contributed by atoms with Crippen LogP contribution >= 0.6 is 0 Å². The van der Waals surface area contributed by atoms with Crippen LogP contribution in [0.4, 0.5) is 11.4 Å². The summed E-state index contributed by atoms with van der Waals surface area (Å²) in [6.45, 7) is -0.148. The molecule has 0 aliphatic heterocycles. The van der Waals surface area contributed by atoms with Gasteiger partial charge in [0.05, 0.1) is 4.92 Å². The van der Waals surface area contributed by atoms with Gasteiger partial charge in [-0.1, -0.05) is 42.5 Å². The molecule has 3 aromatic rings. The lowest BCUT2D eigenvalue weighted by Crippen LogP contribution is -2.21. The summed E-state index contributed by atoms with van der Waals surface area (Å²) in [7, 11) is 0. The van der Waals surface area contributed by atoms with E-state index in [1.165, 1.54) is 24.3 Å². The van der Waals surface area contributed by atoms with E-state index >= 15 is 0 Å². The Labute approximate surface area is 172 Å². The fourth-order valence-corrected chi connectivity index (χ4v) is 2.59. The third-order valence-electron chi connectivity index (χ3n) is 4.04. The maximum Gasteiger partial charge on any atom is 0.345 e. The number of nitrogens with zero attached hydrogens (tertiary/aromatic N) is 1. The Morgan fingerprint density at radius 2 is 1.57 bits per heavy atom. The molecule has 0 radical (unpaired) electrons. The van der Waals surface area contributed by atoms with Crippen LogP contribution in [0.1, 0.15) is 15.9 Å². The van der Waals surface area contributed by atoms with Crippen molar-refractivity contribution in [3.63, 3.8) is 0 Å². The molecule has 8 nitrogen and oxygen atoms in total. The lowest BCUT2D eigenvalue weighted by atomic mass is 10.2. The van der Waals surface area contributed by atoms with E-state index in [0.29, 0.717) is 18.0 Å². The number of para-hydroxylation sites is 1. The summed E-state index contributed by atoms with van der Waals surface area (Å²) in [6, 6.07) is 21.8. The van der Waals surface area contributed by atoms with Gasteiger partial charge in [-0.3, -0.25) is 14.9 Å². The molecule has 30 heavy (non-hydrogen) atoms. The number of nitro groups is 1. The van der Waals surface area contributed by atoms with Gasteiger partial charge in [-0.15, -0.1) is 0 Å². The number of hydrogen-bond acceptors (Lipinski definition) is 6. The van der Waals surface area contributed by atoms with Crippen LogP contribution in [0.2, 0.25) is 0 Å². The zero-order valence-electron chi connectivity index (χ0n) is 15.8. The number of amides is 1. The molecule has 0 aliphatic carbocycles. The molecule has 0 spiro atoms. The van der Waals surface area contributed by atoms with Gasteiger partial charge >= 0.3 is 5.97 Å². The van der Waals surface area contributed by atoms with Gasteiger partial charge in [0.25, 0.3) is 11.6 Å². The summed E-state index contributed by atoms with van der Waals surface area (Å²) < 4.78 is 10.6. The Balaban J connectivity index is 1.49. The van der Waals surface area contributed by atoms with Crippen LogP contribution in [0, 0.1) is 10.1 Å². The molecule has 0 bridgehead atoms. The smallest absolute Gasteiger partial charge is 0.345 e. The predicted molar refractivity (Wildman–Crippen MR) is 109 cm³/mol. The van der Waals surface area contributed by atoms with Crippen LogP contribution in [0.5, 0.6) is 5.75 Å². The number of benzene rings is 3. The van der Waals surface area contributed by atoms with Crippen LogP contribution in [0.25, 0.3) is 0 Å². The molecule has 0 saturated heterocycles. The van der Waals surface area contributed by atoms with E-state index in [1.807, 2.05) is 30.3 Å². The van der Waals surface area contributed by atoms with Crippen LogP contribution in [-0.4, -0.2) is 23.4 Å². The Kier molecular flexibility index (Phi) is 6.73. The third-order valence-corrected chi connectivity index (χ3v) is 4.04. The number of anilines is 1. The summed E-state index contributed by atoms with van der Waals surface area (Å²) in [6.07, 6.45) is 0. The Morgan fingerprint density at radius 1 is 0.900 bits per heavy atom. The van der Waals surface area contributed by atoms with Gasteiger partial charge < -0.3 is 14.8 Å². The van der Waals surface area contributed by atoms with E-state index in [2.05, 4.69) is 5.32 Å². The molecule has 1 amide bonds. The van der Waals surface area contributed by atoms with Crippen LogP contribution < -0.4 is 10.1 Å². The number of nitrogens with one attached hydrogen (secondary N) is 1. The fourth-order valence-electron chi connectivity index (χ4n) is 2.59. The molecule has 0 heterocycles. The third kappa shape index (κ3) is 5.65. The van der Waals surface area contributed by atoms with E-state index in [4.69, 9.17) is 9.47 Å². The molecule has 0 aromatic heterocycles. The first kappa shape index (κ1) is 20.5. The second-order valence-corrected chi connectivity index (χ2v) is 6.20. The highest BCUT2D eigenvalue weighted by Gasteiger charge is 2.21. The molecular formula is C22H18N2O6. The van der Waals surface area contributed by atoms with E-state index in [1.54, 1.807) is 24.3 Å². The molecule has 8 heteroatoms. The first-order valence-corrected chi connectivity index (χ1v) is 9.00. The van der Waals surface area contributed by atoms with Crippen molar-refractivity contribution in [3.05, 3.63) is 100 Å². The maximum absolute atomic E-state index is 12.0. The summed E-state index contributed by atoms with van der Waals surface area (Å²) >= 11 is 0. The van der Waals surface area contributed by atoms with Gasteiger partial charge in [-0.25, -0.2) is 4.79 Å². The number of rotatable bonds is 8. The minimum Gasteiger partial charge on any atom is -0.489 e. The van der Waals surface area contributed by atoms with Gasteiger partial charge in [0.15, 0.2) is 6.61 Å². The zero-order chi connectivity index (χ0) is 21.3. The van der Waals surface area contributed by atoms with Crippen molar-refractivity contribution < 1.29 is 24.0 Å². The maximum atomic E-state index is 12.0. The van der Waals surface area contributed by atoms with E-state index < -0.39 is 23.4 Å². The molecule has 1 N–H and O–H groups in total. The summed E-state index contributed by atoms with van der Waals surface area (Å²) in [5.74, 6) is -0.873. The quantitative estimate of drug-likeness (QED) is 0.345. The molecule has 152 valence electrons. The minimum absolute atomic E-state index is 0.213. The second kappa shape index (κ2) is 9.83. The highest BCUT2D eigenvalue weighted by molar-refractivity contribution is 5.97. The van der Waals surface area contributed by atoms with Crippen LogP contribution in [-0.2, 0) is 16.1 Å². The standard InChI is InChI=1S/C22H18N2O6/c25-21(15-30-22(26)19-8-4-5-9-20(19)24(27)28)23-17-10-12-18(13-11-17)29-14-16-6-2-1-3-7-16/h1-13H,14-15H2,(H,23,25). The number of carbonyl (C=O) groups is 2. The molecule has 0 saturated carbocycles. The Bertz CT molecular complexity index is 1040. The van der Waals surface area contributed by atoms with Gasteiger partial charge in [0.2, 0.25) is 0 Å². The average molecular weight is 406 g/mol.